The van der Waals surface area contributed by atoms with Gasteiger partial charge in [-0.1, -0.05) is 12.1 Å². The van der Waals surface area contributed by atoms with Crippen LogP contribution in [0.15, 0.2) is 36.5 Å². The van der Waals surface area contributed by atoms with E-state index in [1.807, 2.05) is 25.1 Å². The summed E-state index contributed by atoms with van der Waals surface area (Å²) in [7, 11) is 1.57. The molecule has 0 radical (unpaired) electrons. The number of rotatable bonds is 3. The van der Waals surface area contributed by atoms with E-state index < -0.39 is 0 Å². The molecule has 2 aromatic rings. The van der Waals surface area contributed by atoms with Gasteiger partial charge in [0.2, 0.25) is 5.88 Å². The average Bonchev–Trinajstić information content (AvgIpc) is 2.42. The first-order valence-electron chi connectivity index (χ1n) is 5.51. The van der Waals surface area contributed by atoms with E-state index in [1.54, 1.807) is 25.4 Å². The van der Waals surface area contributed by atoms with Crippen molar-refractivity contribution in [1.82, 2.24) is 4.98 Å². The molecule has 0 aliphatic carbocycles. The van der Waals surface area contributed by atoms with Crippen LogP contribution in [0, 0.1) is 18.3 Å². The molecule has 0 atom stereocenters. The molecule has 0 amide bonds. The van der Waals surface area contributed by atoms with Crippen molar-refractivity contribution >= 4 is 11.4 Å². The lowest BCUT2D eigenvalue weighted by Gasteiger charge is -2.11. The zero-order valence-corrected chi connectivity index (χ0v) is 10.3. The van der Waals surface area contributed by atoms with Crippen molar-refractivity contribution in [3.05, 3.63) is 47.7 Å². The maximum absolute atomic E-state index is 9.08. The number of pyridine rings is 1. The van der Waals surface area contributed by atoms with Gasteiger partial charge in [-0.15, -0.1) is 0 Å². The minimum atomic E-state index is 0.561. The summed E-state index contributed by atoms with van der Waals surface area (Å²) in [6, 6.07) is 11.4. The summed E-state index contributed by atoms with van der Waals surface area (Å²) >= 11 is 0. The fraction of sp³-hybridized carbons (Fsp3) is 0.143. The molecule has 18 heavy (non-hydrogen) atoms. The van der Waals surface area contributed by atoms with E-state index >= 15 is 0 Å². The summed E-state index contributed by atoms with van der Waals surface area (Å²) in [5.74, 6) is 0.561. The molecule has 2 rings (SSSR count). The van der Waals surface area contributed by atoms with Gasteiger partial charge in [0.05, 0.1) is 30.2 Å². The Morgan fingerprint density at radius 1 is 1.28 bits per heavy atom. The van der Waals surface area contributed by atoms with Gasteiger partial charge in [-0.3, -0.25) is 0 Å². The first kappa shape index (κ1) is 11.9. The predicted octanol–water partition coefficient (Wildman–Crippen LogP) is 3.01. The largest absolute Gasteiger partial charge is 0.481 e. The van der Waals surface area contributed by atoms with Crippen molar-refractivity contribution in [3.63, 3.8) is 0 Å². The molecule has 1 heterocycles. The number of aryl methyl sites for hydroxylation is 1. The lowest BCUT2D eigenvalue weighted by molar-refractivity contribution is 0.398. The van der Waals surface area contributed by atoms with E-state index in [-0.39, 0.29) is 0 Å². The summed E-state index contributed by atoms with van der Waals surface area (Å²) < 4.78 is 5.00. The number of methoxy groups -OCH3 is 1. The molecule has 90 valence electrons. The van der Waals surface area contributed by atoms with E-state index in [9.17, 15) is 0 Å². The Morgan fingerprint density at radius 2 is 2.11 bits per heavy atom. The third-order valence-electron chi connectivity index (χ3n) is 2.61. The highest BCUT2D eigenvalue weighted by Crippen LogP contribution is 2.24. The van der Waals surface area contributed by atoms with Gasteiger partial charge in [-0.2, -0.15) is 5.26 Å². The summed E-state index contributed by atoms with van der Waals surface area (Å²) in [6.07, 6.45) is 1.67. The molecule has 0 saturated carbocycles. The zero-order chi connectivity index (χ0) is 13.0. The van der Waals surface area contributed by atoms with Gasteiger partial charge in [0.25, 0.3) is 0 Å². The standard InChI is InChI=1S/C14H13N3O/c1-10-4-3-5-11(8-15)14(10)17-12-6-7-13(18-2)16-9-12/h3-7,9,17H,1-2H3. The summed E-state index contributed by atoms with van der Waals surface area (Å²) in [6.45, 7) is 1.96. The third-order valence-corrected chi connectivity index (χ3v) is 2.61. The molecule has 1 N–H and O–H groups in total. The van der Waals surface area contributed by atoms with Crippen LogP contribution in [0.3, 0.4) is 0 Å². The highest BCUT2D eigenvalue weighted by atomic mass is 16.5. The molecule has 0 spiro atoms. The Kier molecular flexibility index (Phi) is 3.44. The van der Waals surface area contributed by atoms with Gasteiger partial charge < -0.3 is 10.1 Å². The molecule has 0 aliphatic rings. The predicted molar refractivity (Wildman–Crippen MR) is 70.0 cm³/mol. The van der Waals surface area contributed by atoms with Crippen molar-refractivity contribution < 1.29 is 4.74 Å². The number of hydrogen-bond acceptors (Lipinski definition) is 4. The number of para-hydroxylation sites is 1. The first-order chi connectivity index (χ1) is 8.74. The van der Waals surface area contributed by atoms with E-state index in [0.717, 1.165) is 16.9 Å². The quantitative estimate of drug-likeness (QED) is 0.894. The van der Waals surface area contributed by atoms with Crippen LogP contribution in [0.1, 0.15) is 11.1 Å². The van der Waals surface area contributed by atoms with Crippen LogP contribution in [0.4, 0.5) is 11.4 Å². The van der Waals surface area contributed by atoms with E-state index in [1.165, 1.54) is 0 Å². The number of nitriles is 1. The SMILES string of the molecule is COc1ccc(Nc2c(C)cccc2C#N)cn1. The van der Waals surface area contributed by atoms with Crippen molar-refractivity contribution in [2.45, 2.75) is 6.92 Å². The third kappa shape index (κ3) is 2.41. The van der Waals surface area contributed by atoms with E-state index in [0.29, 0.717) is 11.4 Å². The van der Waals surface area contributed by atoms with E-state index in [2.05, 4.69) is 16.4 Å². The van der Waals surface area contributed by atoms with Crippen LogP contribution in [-0.4, -0.2) is 12.1 Å². The summed E-state index contributed by atoms with van der Waals surface area (Å²) in [5.41, 5.74) is 3.27. The van der Waals surface area contributed by atoms with Gasteiger partial charge >= 0.3 is 0 Å². The number of nitrogens with one attached hydrogen (secondary N) is 1. The van der Waals surface area contributed by atoms with Crippen LogP contribution in [0.25, 0.3) is 0 Å². The molecule has 1 aromatic carbocycles. The minimum Gasteiger partial charge on any atom is -0.481 e. The maximum atomic E-state index is 9.08. The smallest absolute Gasteiger partial charge is 0.213 e. The Balaban J connectivity index is 2.31. The molecular weight excluding hydrogens is 226 g/mol. The summed E-state index contributed by atoms with van der Waals surface area (Å²) in [4.78, 5) is 4.11. The molecule has 0 bridgehead atoms. The van der Waals surface area contributed by atoms with Crippen LogP contribution < -0.4 is 10.1 Å². The lowest BCUT2D eigenvalue weighted by Crippen LogP contribution is -1.97. The number of hydrogen-bond donors (Lipinski definition) is 1. The number of anilines is 2. The van der Waals surface area contributed by atoms with Crippen LogP contribution in [0.2, 0.25) is 0 Å². The number of aromatic nitrogens is 1. The first-order valence-corrected chi connectivity index (χ1v) is 5.51. The highest BCUT2D eigenvalue weighted by molar-refractivity contribution is 5.69. The Morgan fingerprint density at radius 3 is 2.72 bits per heavy atom. The molecular formula is C14H13N3O. The van der Waals surface area contributed by atoms with Crippen molar-refractivity contribution in [2.24, 2.45) is 0 Å². The molecule has 0 saturated heterocycles. The number of benzene rings is 1. The van der Waals surface area contributed by atoms with Crippen LogP contribution in [0.5, 0.6) is 5.88 Å². The second-order valence-electron chi connectivity index (χ2n) is 3.82. The molecule has 0 fully saturated rings. The highest BCUT2D eigenvalue weighted by Gasteiger charge is 2.05. The lowest BCUT2D eigenvalue weighted by atomic mass is 10.1. The normalized spacial score (nSPS) is 9.61. The van der Waals surface area contributed by atoms with Gasteiger partial charge in [-0.25, -0.2) is 4.98 Å². The Labute approximate surface area is 106 Å². The van der Waals surface area contributed by atoms with E-state index in [4.69, 9.17) is 10.00 Å². The monoisotopic (exact) mass is 239 g/mol. The minimum absolute atomic E-state index is 0.561. The molecule has 1 aromatic heterocycles. The second kappa shape index (κ2) is 5.19. The summed E-state index contributed by atoms with van der Waals surface area (Å²) in [5, 5.41) is 12.3. The number of ether oxygens (including phenoxy) is 1. The van der Waals surface area contributed by atoms with Crippen molar-refractivity contribution in [1.29, 1.82) is 5.26 Å². The van der Waals surface area contributed by atoms with Gasteiger partial charge in [0, 0.05) is 6.07 Å². The zero-order valence-electron chi connectivity index (χ0n) is 10.3. The maximum Gasteiger partial charge on any atom is 0.213 e. The Bertz CT molecular complexity index is 585. The second-order valence-corrected chi connectivity index (χ2v) is 3.82. The molecule has 0 unspecified atom stereocenters. The topological polar surface area (TPSA) is 57.9 Å². The fourth-order valence-electron chi connectivity index (χ4n) is 1.65. The number of nitrogens with zero attached hydrogens (tertiary/aromatic N) is 2. The molecule has 4 heteroatoms. The van der Waals surface area contributed by atoms with Gasteiger partial charge in [0.15, 0.2) is 0 Å². The van der Waals surface area contributed by atoms with Crippen molar-refractivity contribution in [3.8, 4) is 11.9 Å². The van der Waals surface area contributed by atoms with Gasteiger partial charge in [0.1, 0.15) is 6.07 Å². The molecule has 4 nitrogen and oxygen atoms in total. The Hall–Kier alpha value is -2.54. The average molecular weight is 239 g/mol. The fourth-order valence-corrected chi connectivity index (χ4v) is 1.65. The van der Waals surface area contributed by atoms with Gasteiger partial charge in [-0.05, 0) is 24.6 Å². The molecule has 0 aliphatic heterocycles. The van der Waals surface area contributed by atoms with Crippen LogP contribution in [-0.2, 0) is 0 Å². The van der Waals surface area contributed by atoms with Crippen molar-refractivity contribution in [2.75, 3.05) is 12.4 Å². The van der Waals surface area contributed by atoms with Crippen LogP contribution >= 0.6 is 0 Å².